The topological polar surface area (TPSA) is 54.0 Å². The molecule has 24 heavy (non-hydrogen) atoms. The Morgan fingerprint density at radius 1 is 1.12 bits per heavy atom. The van der Waals surface area contributed by atoms with Gasteiger partial charge in [-0.25, -0.2) is 0 Å². The highest BCUT2D eigenvalue weighted by Crippen LogP contribution is 2.28. The summed E-state index contributed by atoms with van der Waals surface area (Å²) in [7, 11) is 1.50. The van der Waals surface area contributed by atoms with E-state index < -0.39 is 13.9 Å². The number of ether oxygens (including phenoxy) is 3. The first-order valence-electron chi connectivity index (χ1n) is 8.15. The van der Waals surface area contributed by atoms with Crippen LogP contribution in [0.2, 0.25) is 19.6 Å². The molecule has 0 heterocycles. The average Bonchev–Trinajstić information content (AvgIpc) is 2.49. The third-order valence-electron chi connectivity index (χ3n) is 3.56. The zero-order chi connectivity index (χ0) is 18.2. The van der Waals surface area contributed by atoms with Crippen LogP contribution in [0, 0.1) is 0 Å². The predicted molar refractivity (Wildman–Crippen MR) is 97.3 cm³/mol. The molecular weight excluding hydrogens is 324 g/mol. The highest BCUT2D eigenvalue weighted by atomic mass is 28.4. The van der Waals surface area contributed by atoms with Gasteiger partial charge < -0.3 is 23.4 Å². The van der Waals surface area contributed by atoms with Crippen molar-refractivity contribution in [3.05, 3.63) is 23.8 Å². The van der Waals surface area contributed by atoms with E-state index in [9.17, 15) is 4.79 Å². The molecule has 0 aliphatic heterocycles. The Bertz CT molecular complexity index is 527. The third-order valence-corrected chi connectivity index (χ3v) is 4.66. The second-order valence-electron chi connectivity index (χ2n) is 7.03. The van der Waals surface area contributed by atoms with Crippen molar-refractivity contribution in [3.8, 4) is 11.5 Å². The van der Waals surface area contributed by atoms with Gasteiger partial charge in [-0.1, -0.05) is 6.07 Å². The normalized spacial score (nSPS) is 14.1. The van der Waals surface area contributed by atoms with Crippen LogP contribution in [-0.4, -0.2) is 41.0 Å². The summed E-state index contributed by atoms with van der Waals surface area (Å²) in [4.78, 5) is 11.0. The van der Waals surface area contributed by atoms with E-state index in [0.29, 0.717) is 37.6 Å². The van der Waals surface area contributed by atoms with Crippen LogP contribution in [0.4, 0.5) is 0 Å². The van der Waals surface area contributed by atoms with Crippen molar-refractivity contribution in [3.63, 3.8) is 0 Å². The molecule has 1 aromatic rings. The summed E-state index contributed by atoms with van der Waals surface area (Å²) in [6, 6.07) is 5.72. The molecule has 0 fully saturated rings. The van der Waals surface area contributed by atoms with Crippen LogP contribution < -0.4 is 9.47 Å². The van der Waals surface area contributed by atoms with Crippen molar-refractivity contribution in [1.29, 1.82) is 0 Å². The molecule has 0 spiro atoms. The molecule has 0 radical (unpaired) electrons. The Labute approximate surface area is 146 Å². The summed E-state index contributed by atoms with van der Waals surface area (Å²) >= 11 is 0. The van der Waals surface area contributed by atoms with E-state index in [-0.39, 0.29) is 0 Å². The highest BCUT2D eigenvalue weighted by Gasteiger charge is 2.31. The summed E-state index contributed by atoms with van der Waals surface area (Å²) in [5.74, 6) is 1.38. The van der Waals surface area contributed by atoms with Crippen molar-refractivity contribution in [2.45, 2.75) is 51.6 Å². The van der Waals surface area contributed by atoms with E-state index >= 15 is 0 Å². The maximum atomic E-state index is 11.0. The number of carbonyl (C=O) groups is 1. The smallest absolute Gasteiger partial charge is 0.184 e. The van der Waals surface area contributed by atoms with Gasteiger partial charge in [0.15, 0.2) is 19.8 Å². The van der Waals surface area contributed by atoms with E-state index in [2.05, 4.69) is 19.6 Å². The Kier molecular flexibility index (Phi) is 7.92. The largest absolute Gasteiger partial charge is 0.493 e. The van der Waals surface area contributed by atoms with Gasteiger partial charge in [0.1, 0.15) is 6.29 Å². The molecule has 1 atom stereocenters. The monoisotopic (exact) mass is 354 g/mol. The van der Waals surface area contributed by atoms with E-state index in [1.807, 2.05) is 25.1 Å². The molecule has 0 N–H and O–H groups in total. The molecule has 136 valence electrons. The Morgan fingerprint density at radius 2 is 1.79 bits per heavy atom. The van der Waals surface area contributed by atoms with Crippen LogP contribution in [0.3, 0.4) is 0 Å². The summed E-state index contributed by atoms with van der Waals surface area (Å²) in [6.07, 6.45) is 1.99. The van der Waals surface area contributed by atoms with Crippen molar-refractivity contribution in [2.75, 3.05) is 20.8 Å². The van der Waals surface area contributed by atoms with E-state index in [1.165, 1.54) is 0 Å². The Hall–Kier alpha value is -1.37. The first kappa shape index (κ1) is 20.7. The molecule has 6 heteroatoms. The van der Waals surface area contributed by atoms with Gasteiger partial charge >= 0.3 is 0 Å². The summed E-state index contributed by atoms with van der Waals surface area (Å²) in [5, 5.41) is 0. The second kappa shape index (κ2) is 9.20. The van der Waals surface area contributed by atoms with Crippen molar-refractivity contribution in [1.82, 2.24) is 0 Å². The molecule has 1 aromatic carbocycles. The second-order valence-corrected chi connectivity index (χ2v) is 11.5. The minimum absolute atomic E-state index is 0.386. The minimum atomic E-state index is -1.72. The number of rotatable bonds is 11. The highest BCUT2D eigenvalue weighted by molar-refractivity contribution is 6.69. The van der Waals surface area contributed by atoms with Gasteiger partial charge in [0, 0.05) is 13.0 Å². The number of aldehydes is 1. The fourth-order valence-electron chi connectivity index (χ4n) is 2.56. The molecule has 1 rings (SSSR count). The summed E-state index contributed by atoms with van der Waals surface area (Å²) < 4.78 is 22.5. The number of hydrogen-bond acceptors (Lipinski definition) is 5. The van der Waals surface area contributed by atoms with Crippen molar-refractivity contribution < 1.29 is 23.4 Å². The molecule has 0 saturated heterocycles. The predicted octanol–water partition coefficient (Wildman–Crippen LogP) is 3.81. The fraction of sp³-hybridized carbons (Fsp3) is 0.611. The van der Waals surface area contributed by atoms with Gasteiger partial charge in [-0.3, -0.25) is 0 Å². The quantitative estimate of drug-likeness (QED) is 0.344. The SMILES string of the molecule is COc1ccc(COCC[C@@](C)(CC=O)O[Si](C)(C)C)cc1OC. The lowest BCUT2D eigenvalue weighted by Crippen LogP contribution is -2.41. The number of carbonyl (C=O) groups excluding carboxylic acids is 1. The lowest BCUT2D eigenvalue weighted by molar-refractivity contribution is -0.111. The van der Waals surface area contributed by atoms with Gasteiger partial charge in [0.2, 0.25) is 0 Å². The first-order valence-corrected chi connectivity index (χ1v) is 11.6. The number of benzene rings is 1. The zero-order valence-electron chi connectivity index (χ0n) is 15.7. The molecule has 0 saturated carbocycles. The molecule has 0 unspecified atom stereocenters. The van der Waals surface area contributed by atoms with Crippen LogP contribution in [0.5, 0.6) is 11.5 Å². The van der Waals surface area contributed by atoms with Crippen LogP contribution in [0.15, 0.2) is 18.2 Å². The zero-order valence-corrected chi connectivity index (χ0v) is 16.7. The molecule has 5 nitrogen and oxygen atoms in total. The van der Waals surface area contributed by atoms with Crippen LogP contribution >= 0.6 is 0 Å². The standard InChI is InChI=1S/C18H30O5Si/c1-18(9-11-19,23-24(4,5)6)10-12-22-14-15-7-8-16(20-2)17(13-15)21-3/h7-8,11,13H,9-10,12,14H2,1-6H3/t18-/m1/s1. The first-order chi connectivity index (χ1) is 11.2. The Morgan fingerprint density at radius 3 is 2.33 bits per heavy atom. The lowest BCUT2D eigenvalue weighted by atomic mass is 10.00. The van der Waals surface area contributed by atoms with Crippen molar-refractivity contribution >= 4 is 14.6 Å². The maximum absolute atomic E-state index is 11.0. The molecule has 0 bridgehead atoms. The minimum Gasteiger partial charge on any atom is -0.493 e. The van der Waals surface area contributed by atoms with Gasteiger partial charge in [-0.2, -0.15) is 0 Å². The van der Waals surface area contributed by atoms with Gasteiger partial charge in [-0.05, 0) is 50.7 Å². The molecule has 0 aromatic heterocycles. The maximum Gasteiger partial charge on any atom is 0.184 e. The summed E-state index contributed by atoms with van der Waals surface area (Å²) in [6.45, 7) is 9.37. The van der Waals surface area contributed by atoms with E-state index in [4.69, 9.17) is 18.6 Å². The molecule has 0 amide bonds. The molecular formula is C18H30O5Si. The van der Waals surface area contributed by atoms with Crippen molar-refractivity contribution in [2.24, 2.45) is 0 Å². The lowest BCUT2D eigenvalue weighted by Gasteiger charge is -2.35. The average molecular weight is 355 g/mol. The van der Waals surface area contributed by atoms with Crippen LogP contribution in [0.25, 0.3) is 0 Å². The molecule has 0 aliphatic carbocycles. The Balaban J connectivity index is 2.55. The summed E-state index contributed by atoms with van der Waals surface area (Å²) in [5.41, 5.74) is 0.556. The van der Waals surface area contributed by atoms with Crippen LogP contribution in [-0.2, 0) is 20.6 Å². The van der Waals surface area contributed by atoms with Crippen LogP contribution in [0.1, 0.15) is 25.3 Å². The van der Waals surface area contributed by atoms with E-state index in [0.717, 1.165) is 11.8 Å². The molecule has 0 aliphatic rings. The third kappa shape index (κ3) is 7.03. The number of methoxy groups -OCH3 is 2. The van der Waals surface area contributed by atoms with E-state index in [1.54, 1.807) is 14.2 Å². The number of hydrogen-bond donors (Lipinski definition) is 0. The van der Waals surface area contributed by atoms with Gasteiger partial charge in [0.05, 0.1) is 26.4 Å². The van der Waals surface area contributed by atoms with Gasteiger partial charge in [0.25, 0.3) is 0 Å². The fourth-order valence-corrected chi connectivity index (χ4v) is 4.22. The van der Waals surface area contributed by atoms with Gasteiger partial charge in [-0.15, -0.1) is 0 Å².